The molecule has 0 bridgehead atoms. The molecule has 2 aromatic rings. The molecule has 0 amide bonds. The standard InChI is InChI=1S/C12H8BrClOS/c1-7-6-8(14)2-3-9(7)12(15)10-4-5-11(13)16-10/h2-6H,1H3. The number of hydrogen-bond acceptors (Lipinski definition) is 2. The minimum absolute atomic E-state index is 0.0462. The second-order valence-electron chi connectivity index (χ2n) is 3.39. The highest BCUT2D eigenvalue weighted by Gasteiger charge is 2.13. The van der Waals surface area contributed by atoms with Gasteiger partial charge in [-0.1, -0.05) is 11.6 Å². The second kappa shape index (κ2) is 4.70. The smallest absolute Gasteiger partial charge is 0.203 e. The summed E-state index contributed by atoms with van der Waals surface area (Å²) in [6, 6.07) is 9.02. The number of hydrogen-bond donors (Lipinski definition) is 0. The van der Waals surface area contributed by atoms with Crippen molar-refractivity contribution in [3.8, 4) is 0 Å². The second-order valence-corrected chi connectivity index (χ2v) is 6.29. The third kappa shape index (κ3) is 2.37. The number of aryl methyl sites for hydroxylation is 1. The number of carbonyl (C=O) groups is 1. The zero-order valence-electron chi connectivity index (χ0n) is 8.46. The van der Waals surface area contributed by atoms with Crippen molar-refractivity contribution in [3.05, 3.63) is 55.1 Å². The first kappa shape index (κ1) is 11.8. The van der Waals surface area contributed by atoms with Crippen molar-refractivity contribution in [3.63, 3.8) is 0 Å². The molecule has 0 N–H and O–H groups in total. The van der Waals surface area contributed by atoms with Gasteiger partial charge in [-0.15, -0.1) is 11.3 Å². The molecule has 2 rings (SSSR count). The van der Waals surface area contributed by atoms with E-state index in [0.717, 1.165) is 14.2 Å². The molecule has 0 saturated carbocycles. The highest BCUT2D eigenvalue weighted by Crippen LogP contribution is 2.26. The van der Waals surface area contributed by atoms with Crippen molar-refractivity contribution in [1.82, 2.24) is 0 Å². The maximum absolute atomic E-state index is 12.1. The summed E-state index contributed by atoms with van der Waals surface area (Å²) in [7, 11) is 0. The van der Waals surface area contributed by atoms with Crippen LogP contribution in [0.1, 0.15) is 20.8 Å². The topological polar surface area (TPSA) is 17.1 Å². The Labute approximate surface area is 111 Å². The summed E-state index contributed by atoms with van der Waals surface area (Å²) in [5, 5.41) is 0.654. The van der Waals surface area contributed by atoms with Gasteiger partial charge >= 0.3 is 0 Å². The van der Waals surface area contributed by atoms with Gasteiger partial charge in [-0.05, 0) is 58.7 Å². The van der Waals surface area contributed by atoms with E-state index >= 15 is 0 Å². The monoisotopic (exact) mass is 314 g/mol. The Balaban J connectivity index is 2.41. The zero-order valence-corrected chi connectivity index (χ0v) is 11.6. The summed E-state index contributed by atoms with van der Waals surface area (Å²) in [6.45, 7) is 1.89. The van der Waals surface area contributed by atoms with Crippen LogP contribution in [-0.2, 0) is 0 Å². The molecule has 0 aliphatic heterocycles. The SMILES string of the molecule is Cc1cc(Cl)ccc1C(=O)c1ccc(Br)s1. The molecule has 1 nitrogen and oxygen atoms in total. The van der Waals surface area contributed by atoms with Crippen molar-refractivity contribution in [2.45, 2.75) is 6.92 Å². The fraction of sp³-hybridized carbons (Fsp3) is 0.0833. The lowest BCUT2D eigenvalue weighted by Crippen LogP contribution is -2.00. The molecule has 0 radical (unpaired) electrons. The van der Waals surface area contributed by atoms with Crippen molar-refractivity contribution >= 4 is 44.7 Å². The van der Waals surface area contributed by atoms with E-state index in [9.17, 15) is 4.79 Å². The third-order valence-electron chi connectivity index (χ3n) is 2.23. The van der Waals surface area contributed by atoms with E-state index in [1.54, 1.807) is 18.2 Å². The summed E-state index contributed by atoms with van der Waals surface area (Å²) < 4.78 is 0.961. The number of carbonyl (C=O) groups excluding carboxylic acids is 1. The lowest BCUT2D eigenvalue weighted by Gasteiger charge is -2.03. The molecule has 0 unspecified atom stereocenters. The van der Waals surface area contributed by atoms with Gasteiger partial charge in [-0.3, -0.25) is 4.79 Å². The molecule has 0 fully saturated rings. The minimum atomic E-state index is 0.0462. The molecule has 4 heteroatoms. The highest BCUT2D eigenvalue weighted by atomic mass is 79.9. The Morgan fingerprint density at radius 2 is 2.06 bits per heavy atom. The Morgan fingerprint density at radius 1 is 1.31 bits per heavy atom. The van der Waals surface area contributed by atoms with E-state index in [1.165, 1.54) is 11.3 Å². The molecule has 0 aliphatic rings. The fourth-order valence-electron chi connectivity index (χ4n) is 1.45. The molecule has 0 saturated heterocycles. The van der Waals surface area contributed by atoms with E-state index in [2.05, 4.69) is 15.9 Å². The predicted octanol–water partition coefficient (Wildman–Crippen LogP) is 4.70. The Morgan fingerprint density at radius 3 is 2.62 bits per heavy atom. The molecule has 1 aromatic heterocycles. The van der Waals surface area contributed by atoms with Gasteiger partial charge in [-0.25, -0.2) is 0 Å². The van der Waals surface area contributed by atoms with E-state index in [1.807, 2.05) is 19.1 Å². The molecular weight excluding hydrogens is 308 g/mol. The first-order valence-corrected chi connectivity index (χ1v) is 6.63. The van der Waals surface area contributed by atoms with Gasteiger partial charge in [0.25, 0.3) is 0 Å². The molecule has 0 atom stereocenters. The van der Waals surface area contributed by atoms with Gasteiger partial charge in [0.05, 0.1) is 8.66 Å². The van der Waals surface area contributed by atoms with E-state index in [4.69, 9.17) is 11.6 Å². The molecular formula is C12H8BrClOS. The summed E-state index contributed by atoms with van der Waals surface area (Å²) in [5.74, 6) is 0.0462. The van der Waals surface area contributed by atoms with Crippen LogP contribution in [-0.4, -0.2) is 5.78 Å². The summed E-state index contributed by atoms with van der Waals surface area (Å²) in [5.41, 5.74) is 1.61. The third-order valence-corrected chi connectivity index (χ3v) is 4.09. The molecule has 82 valence electrons. The van der Waals surface area contributed by atoms with Gasteiger partial charge < -0.3 is 0 Å². The number of ketones is 1. The van der Waals surface area contributed by atoms with Crippen LogP contribution < -0.4 is 0 Å². The number of thiophene rings is 1. The van der Waals surface area contributed by atoms with Gasteiger partial charge in [0, 0.05) is 10.6 Å². The van der Waals surface area contributed by atoms with Crippen LogP contribution in [0.5, 0.6) is 0 Å². The van der Waals surface area contributed by atoms with E-state index < -0.39 is 0 Å². The van der Waals surface area contributed by atoms with Crippen LogP contribution >= 0.6 is 38.9 Å². The maximum Gasteiger partial charge on any atom is 0.203 e. The van der Waals surface area contributed by atoms with Crippen molar-refractivity contribution in [2.75, 3.05) is 0 Å². The largest absolute Gasteiger partial charge is 0.288 e. The van der Waals surface area contributed by atoms with Crippen LogP contribution in [0, 0.1) is 6.92 Å². The molecule has 0 spiro atoms. The van der Waals surface area contributed by atoms with E-state index in [-0.39, 0.29) is 5.78 Å². The van der Waals surface area contributed by atoms with Crippen molar-refractivity contribution < 1.29 is 4.79 Å². The van der Waals surface area contributed by atoms with Crippen LogP contribution in [0.25, 0.3) is 0 Å². The van der Waals surface area contributed by atoms with Crippen LogP contribution in [0.4, 0.5) is 0 Å². The molecule has 1 heterocycles. The Hall–Kier alpha value is -0.640. The van der Waals surface area contributed by atoms with Gasteiger partial charge in [0.15, 0.2) is 0 Å². The summed E-state index contributed by atoms with van der Waals surface area (Å²) >= 11 is 10.6. The summed E-state index contributed by atoms with van der Waals surface area (Å²) in [4.78, 5) is 12.9. The van der Waals surface area contributed by atoms with Crippen molar-refractivity contribution in [2.24, 2.45) is 0 Å². The van der Waals surface area contributed by atoms with Crippen LogP contribution in [0.15, 0.2) is 34.1 Å². The fourth-order valence-corrected chi connectivity index (χ4v) is 3.02. The van der Waals surface area contributed by atoms with Crippen molar-refractivity contribution in [1.29, 1.82) is 0 Å². The number of rotatable bonds is 2. The molecule has 1 aromatic carbocycles. The lowest BCUT2D eigenvalue weighted by atomic mass is 10.0. The predicted molar refractivity (Wildman–Crippen MR) is 71.6 cm³/mol. The average molecular weight is 316 g/mol. The maximum atomic E-state index is 12.1. The summed E-state index contributed by atoms with van der Waals surface area (Å²) in [6.07, 6.45) is 0. The van der Waals surface area contributed by atoms with Gasteiger partial charge in [-0.2, -0.15) is 0 Å². The molecule has 16 heavy (non-hydrogen) atoms. The lowest BCUT2D eigenvalue weighted by molar-refractivity contribution is 0.104. The van der Waals surface area contributed by atoms with Crippen LogP contribution in [0.3, 0.4) is 0 Å². The number of benzene rings is 1. The quantitative estimate of drug-likeness (QED) is 0.734. The highest BCUT2D eigenvalue weighted by molar-refractivity contribution is 9.11. The molecule has 0 aliphatic carbocycles. The first-order chi connectivity index (χ1) is 7.58. The van der Waals surface area contributed by atoms with Gasteiger partial charge in [0.1, 0.15) is 0 Å². The zero-order chi connectivity index (χ0) is 11.7. The Kier molecular flexibility index (Phi) is 3.47. The minimum Gasteiger partial charge on any atom is -0.288 e. The van der Waals surface area contributed by atoms with Gasteiger partial charge in [0.2, 0.25) is 5.78 Å². The average Bonchev–Trinajstić information content (AvgIpc) is 2.64. The first-order valence-electron chi connectivity index (χ1n) is 4.64. The van der Waals surface area contributed by atoms with Crippen LogP contribution in [0.2, 0.25) is 5.02 Å². The van der Waals surface area contributed by atoms with E-state index in [0.29, 0.717) is 10.6 Å². The normalized spacial score (nSPS) is 10.4. The number of halogens is 2. The Bertz CT molecular complexity index is 548.